The first kappa shape index (κ1) is 11.7. The molecule has 0 bridgehead atoms. The van der Waals surface area contributed by atoms with Crippen molar-refractivity contribution < 1.29 is 9.53 Å². The highest BCUT2D eigenvalue weighted by Crippen LogP contribution is 2.19. The van der Waals surface area contributed by atoms with Gasteiger partial charge in [0.15, 0.2) is 0 Å². The van der Waals surface area contributed by atoms with Gasteiger partial charge in [0.25, 0.3) is 0 Å². The van der Waals surface area contributed by atoms with Crippen LogP contribution in [0.1, 0.15) is 27.0 Å². The zero-order chi connectivity index (χ0) is 11.4. The maximum absolute atomic E-state index is 11.4. The van der Waals surface area contributed by atoms with E-state index in [2.05, 4.69) is 20.7 Å². The number of nitriles is 1. The number of hydrogen-bond acceptors (Lipinski definition) is 3. The van der Waals surface area contributed by atoms with Gasteiger partial charge in [0.05, 0.1) is 18.2 Å². The Labute approximate surface area is 96.8 Å². The van der Waals surface area contributed by atoms with E-state index in [-0.39, 0.29) is 0 Å². The van der Waals surface area contributed by atoms with Gasteiger partial charge in [-0.2, -0.15) is 5.26 Å². The van der Waals surface area contributed by atoms with Crippen LogP contribution in [-0.4, -0.2) is 13.1 Å². The third-order valence-corrected chi connectivity index (χ3v) is 2.75. The lowest BCUT2D eigenvalue weighted by Crippen LogP contribution is -2.05. The maximum Gasteiger partial charge on any atom is 0.339 e. The number of aryl methyl sites for hydroxylation is 1. The average Bonchev–Trinajstić information content (AvgIpc) is 2.27. The molecule has 3 nitrogen and oxygen atoms in total. The summed E-state index contributed by atoms with van der Waals surface area (Å²) in [7, 11) is 1.30. The summed E-state index contributed by atoms with van der Waals surface area (Å²) in [5.41, 5.74) is 2.63. The number of carbonyl (C=O) groups excluding carboxylic acids is 1. The van der Waals surface area contributed by atoms with E-state index in [9.17, 15) is 4.79 Å². The molecule has 0 amide bonds. The van der Waals surface area contributed by atoms with Crippen LogP contribution in [0.2, 0.25) is 0 Å². The fourth-order valence-corrected chi connectivity index (χ4v) is 1.87. The van der Waals surface area contributed by atoms with Crippen molar-refractivity contribution in [2.45, 2.75) is 12.3 Å². The van der Waals surface area contributed by atoms with Crippen LogP contribution in [0, 0.1) is 18.3 Å². The van der Waals surface area contributed by atoms with E-state index >= 15 is 0 Å². The highest BCUT2D eigenvalue weighted by Gasteiger charge is 2.13. The first-order valence-corrected chi connectivity index (χ1v) is 5.44. The van der Waals surface area contributed by atoms with Crippen molar-refractivity contribution in [3.63, 3.8) is 0 Å². The van der Waals surface area contributed by atoms with Gasteiger partial charge in [0.2, 0.25) is 0 Å². The number of nitrogens with zero attached hydrogens (tertiary/aromatic N) is 1. The van der Waals surface area contributed by atoms with Gasteiger partial charge in [-0.05, 0) is 30.2 Å². The van der Waals surface area contributed by atoms with Gasteiger partial charge in [-0.3, -0.25) is 0 Å². The SMILES string of the molecule is COC(=O)c1cc(C)c(CBr)cc1C#N. The molecule has 0 unspecified atom stereocenters. The lowest BCUT2D eigenvalue weighted by Gasteiger charge is -2.07. The lowest BCUT2D eigenvalue weighted by molar-refractivity contribution is 0.0600. The Balaban J connectivity index is 3.35. The van der Waals surface area contributed by atoms with Crippen LogP contribution in [0.5, 0.6) is 0 Å². The third kappa shape index (κ3) is 2.37. The number of methoxy groups -OCH3 is 1. The first-order chi connectivity index (χ1) is 7.13. The van der Waals surface area contributed by atoms with E-state index in [1.807, 2.05) is 13.0 Å². The van der Waals surface area contributed by atoms with Gasteiger partial charge in [-0.25, -0.2) is 4.79 Å². The van der Waals surface area contributed by atoms with Crippen LogP contribution < -0.4 is 0 Å². The molecule has 0 atom stereocenters. The fraction of sp³-hybridized carbons (Fsp3) is 0.273. The molecular formula is C11H10BrNO2. The quantitative estimate of drug-likeness (QED) is 0.611. The summed E-state index contributed by atoms with van der Waals surface area (Å²) in [5, 5.41) is 9.56. The van der Waals surface area contributed by atoms with Crippen molar-refractivity contribution in [2.75, 3.05) is 7.11 Å². The molecule has 1 aromatic carbocycles. The summed E-state index contributed by atoms with van der Waals surface area (Å²) >= 11 is 3.32. The zero-order valence-electron chi connectivity index (χ0n) is 8.50. The predicted molar refractivity (Wildman–Crippen MR) is 59.9 cm³/mol. The van der Waals surface area contributed by atoms with E-state index in [1.165, 1.54) is 7.11 Å². The molecule has 1 rings (SSSR count). The van der Waals surface area contributed by atoms with Crippen molar-refractivity contribution in [2.24, 2.45) is 0 Å². The second kappa shape index (κ2) is 4.94. The Morgan fingerprint density at radius 1 is 1.60 bits per heavy atom. The number of hydrogen-bond donors (Lipinski definition) is 0. The molecular weight excluding hydrogens is 258 g/mol. The molecule has 0 aliphatic carbocycles. The second-order valence-electron chi connectivity index (χ2n) is 3.06. The fourth-order valence-electron chi connectivity index (χ4n) is 1.27. The monoisotopic (exact) mass is 267 g/mol. The van der Waals surface area contributed by atoms with E-state index in [4.69, 9.17) is 5.26 Å². The molecule has 0 radical (unpaired) electrons. The summed E-state index contributed by atoms with van der Waals surface area (Å²) < 4.78 is 4.61. The molecule has 0 N–H and O–H groups in total. The van der Waals surface area contributed by atoms with Crippen LogP contribution in [-0.2, 0) is 10.1 Å². The third-order valence-electron chi connectivity index (χ3n) is 2.15. The van der Waals surface area contributed by atoms with E-state index in [0.29, 0.717) is 16.5 Å². The maximum atomic E-state index is 11.4. The molecule has 0 saturated heterocycles. The Morgan fingerprint density at radius 3 is 2.73 bits per heavy atom. The molecule has 0 aromatic heterocycles. The minimum Gasteiger partial charge on any atom is -0.465 e. The number of halogens is 1. The summed E-state index contributed by atoms with van der Waals surface area (Å²) in [6.45, 7) is 1.89. The average molecular weight is 268 g/mol. The minimum atomic E-state index is -0.476. The Morgan fingerprint density at radius 2 is 2.27 bits per heavy atom. The van der Waals surface area contributed by atoms with Gasteiger partial charge in [0, 0.05) is 5.33 Å². The topological polar surface area (TPSA) is 50.1 Å². The molecule has 0 fully saturated rings. The van der Waals surface area contributed by atoms with Crippen molar-refractivity contribution in [3.8, 4) is 6.07 Å². The van der Waals surface area contributed by atoms with Crippen LogP contribution in [0.25, 0.3) is 0 Å². The molecule has 78 valence electrons. The smallest absolute Gasteiger partial charge is 0.339 e. The van der Waals surface area contributed by atoms with Crippen molar-refractivity contribution in [1.29, 1.82) is 5.26 Å². The van der Waals surface area contributed by atoms with Gasteiger partial charge in [0.1, 0.15) is 6.07 Å². The van der Waals surface area contributed by atoms with E-state index < -0.39 is 5.97 Å². The second-order valence-corrected chi connectivity index (χ2v) is 3.62. The minimum absolute atomic E-state index is 0.321. The van der Waals surface area contributed by atoms with E-state index in [0.717, 1.165) is 11.1 Å². The van der Waals surface area contributed by atoms with E-state index in [1.54, 1.807) is 12.1 Å². The Bertz CT molecular complexity index is 435. The summed E-state index contributed by atoms with van der Waals surface area (Å²) in [5.74, 6) is -0.476. The number of carbonyl (C=O) groups is 1. The lowest BCUT2D eigenvalue weighted by atomic mass is 10.0. The van der Waals surface area contributed by atoms with Gasteiger partial charge in [-0.15, -0.1) is 0 Å². The number of rotatable bonds is 2. The highest BCUT2D eigenvalue weighted by molar-refractivity contribution is 9.08. The number of alkyl halides is 1. The van der Waals surface area contributed by atoms with Gasteiger partial charge >= 0.3 is 5.97 Å². The Hall–Kier alpha value is -1.34. The molecule has 0 aliphatic heterocycles. The normalized spacial score (nSPS) is 9.47. The van der Waals surface area contributed by atoms with Crippen LogP contribution in [0.3, 0.4) is 0 Å². The van der Waals surface area contributed by atoms with Gasteiger partial charge in [-0.1, -0.05) is 15.9 Å². The summed E-state index contributed by atoms with van der Waals surface area (Å²) in [4.78, 5) is 11.4. The highest BCUT2D eigenvalue weighted by atomic mass is 79.9. The van der Waals surface area contributed by atoms with Crippen molar-refractivity contribution in [3.05, 3.63) is 34.4 Å². The Kier molecular flexibility index (Phi) is 3.87. The molecule has 1 aromatic rings. The largest absolute Gasteiger partial charge is 0.465 e. The van der Waals surface area contributed by atoms with Crippen LogP contribution >= 0.6 is 15.9 Å². The molecule has 0 saturated carbocycles. The molecule has 0 heterocycles. The van der Waals surface area contributed by atoms with Crippen LogP contribution in [0.15, 0.2) is 12.1 Å². The van der Waals surface area contributed by atoms with Crippen molar-refractivity contribution >= 4 is 21.9 Å². The summed E-state index contributed by atoms with van der Waals surface area (Å²) in [6, 6.07) is 5.38. The molecule has 0 aliphatic rings. The summed E-state index contributed by atoms with van der Waals surface area (Å²) in [6.07, 6.45) is 0. The van der Waals surface area contributed by atoms with Gasteiger partial charge < -0.3 is 4.74 Å². The first-order valence-electron chi connectivity index (χ1n) is 4.32. The standard InChI is InChI=1S/C11H10BrNO2/c1-7-3-10(11(14)15-2)9(6-13)4-8(7)5-12/h3-4H,5H2,1-2H3. The molecule has 15 heavy (non-hydrogen) atoms. The number of benzene rings is 1. The van der Waals surface area contributed by atoms with Crippen LogP contribution in [0.4, 0.5) is 0 Å². The number of esters is 1. The van der Waals surface area contributed by atoms with Crippen molar-refractivity contribution in [1.82, 2.24) is 0 Å². The number of ether oxygens (including phenoxy) is 1. The molecule has 4 heteroatoms. The predicted octanol–water partition coefficient (Wildman–Crippen LogP) is 2.55. The zero-order valence-corrected chi connectivity index (χ0v) is 10.1. The molecule has 0 spiro atoms.